The van der Waals surface area contributed by atoms with Gasteiger partial charge in [0.05, 0.1) is 22.7 Å². The second-order valence-corrected chi connectivity index (χ2v) is 13.6. The predicted octanol–water partition coefficient (Wildman–Crippen LogP) is 3.89. The van der Waals surface area contributed by atoms with E-state index in [4.69, 9.17) is 14.5 Å². The Morgan fingerprint density at radius 2 is 1.73 bits per heavy atom. The van der Waals surface area contributed by atoms with Crippen molar-refractivity contribution in [3.63, 3.8) is 0 Å². The summed E-state index contributed by atoms with van der Waals surface area (Å²) in [5, 5.41) is 8.06. The van der Waals surface area contributed by atoms with Crippen LogP contribution in [0.25, 0.3) is 17.0 Å². The molecule has 1 saturated heterocycles. The smallest absolute Gasteiger partial charge is 0.316 e. The summed E-state index contributed by atoms with van der Waals surface area (Å²) in [5.74, 6) is -2.45. The van der Waals surface area contributed by atoms with Gasteiger partial charge in [-0.2, -0.15) is 0 Å². The van der Waals surface area contributed by atoms with Crippen molar-refractivity contribution in [3.8, 4) is 0 Å². The Kier molecular flexibility index (Phi) is 10.8. The number of hydrogen-bond donors (Lipinski definition) is 3. The molecule has 1 spiro atoms. The molecule has 1 aromatic carbocycles. The molecule has 3 aliphatic rings. The number of pyridine rings is 1. The van der Waals surface area contributed by atoms with Gasteiger partial charge in [-0.05, 0) is 76.0 Å². The highest BCUT2D eigenvalue weighted by molar-refractivity contribution is 5.92. The van der Waals surface area contributed by atoms with Crippen LogP contribution in [0.15, 0.2) is 36.4 Å². The number of ether oxygens (including phenoxy) is 2. The average molecular weight is 662 g/mol. The van der Waals surface area contributed by atoms with Crippen molar-refractivity contribution in [1.82, 2.24) is 26.1 Å². The van der Waals surface area contributed by atoms with Crippen LogP contribution in [0.4, 0.5) is 0 Å². The second kappa shape index (κ2) is 14.8. The van der Waals surface area contributed by atoms with E-state index in [1.807, 2.05) is 49.4 Å². The van der Waals surface area contributed by atoms with Crippen LogP contribution in [0.3, 0.4) is 0 Å². The lowest BCUT2D eigenvalue weighted by atomic mass is 9.72. The third-order valence-electron chi connectivity index (χ3n) is 9.55. The van der Waals surface area contributed by atoms with Gasteiger partial charge in [-0.15, -0.1) is 0 Å². The lowest BCUT2D eigenvalue weighted by Gasteiger charge is -2.37. The Bertz CT molecular complexity index is 1580. The molecule has 2 fully saturated rings. The van der Waals surface area contributed by atoms with Crippen LogP contribution >= 0.6 is 0 Å². The Morgan fingerprint density at radius 1 is 1.02 bits per heavy atom. The van der Waals surface area contributed by atoms with Gasteiger partial charge >= 0.3 is 11.9 Å². The van der Waals surface area contributed by atoms with E-state index in [-0.39, 0.29) is 30.3 Å². The molecule has 12 nitrogen and oxygen atoms in total. The van der Waals surface area contributed by atoms with Gasteiger partial charge in [-0.3, -0.25) is 34.0 Å². The van der Waals surface area contributed by atoms with Crippen molar-refractivity contribution >= 4 is 46.6 Å². The highest BCUT2D eigenvalue weighted by Gasteiger charge is 2.44. The van der Waals surface area contributed by atoms with Gasteiger partial charge in [-0.25, -0.2) is 5.43 Å². The molecule has 48 heavy (non-hydrogen) atoms. The van der Waals surface area contributed by atoms with Crippen molar-refractivity contribution in [2.75, 3.05) is 6.54 Å². The fraction of sp³-hybridized carbons (Fsp3) is 0.556. The predicted molar refractivity (Wildman–Crippen MR) is 179 cm³/mol. The maximum Gasteiger partial charge on any atom is 0.316 e. The first-order chi connectivity index (χ1) is 22.9. The third kappa shape index (κ3) is 7.86. The molecule has 258 valence electrons. The number of cyclic esters (lactones) is 1. The molecule has 12 heteroatoms. The van der Waals surface area contributed by atoms with Gasteiger partial charge in [0.15, 0.2) is 6.10 Å². The summed E-state index contributed by atoms with van der Waals surface area (Å²) in [6.45, 7) is 9.11. The number of benzene rings is 1. The number of hydrazine groups is 1. The van der Waals surface area contributed by atoms with Crippen LogP contribution in [0.1, 0.15) is 96.9 Å². The summed E-state index contributed by atoms with van der Waals surface area (Å²) in [6, 6.07) is 7.68. The summed E-state index contributed by atoms with van der Waals surface area (Å²) >= 11 is 0. The van der Waals surface area contributed by atoms with Crippen molar-refractivity contribution in [3.05, 3.63) is 47.7 Å². The van der Waals surface area contributed by atoms with Crippen molar-refractivity contribution in [1.29, 1.82) is 0 Å². The molecule has 2 aromatic rings. The normalized spacial score (nSPS) is 29.7. The summed E-state index contributed by atoms with van der Waals surface area (Å²) in [6.07, 6.45) is 5.31. The number of nitrogens with one attached hydrogen (secondary N) is 3. The van der Waals surface area contributed by atoms with Crippen LogP contribution in [-0.4, -0.2) is 70.5 Å². The minimum atomic E-state index is -1.15. The molecular weight excluding hydrogens is 614 g/mol. The van der Waals surface area contributed by atoms with Crippen LogP contribution in [0.2, 0.25) is 0 Å². The summed E-state index contributed by atoms with van der Waals surface area (Å²) in [5.41, 5.74) is 4.19. The minimum Gasteiger partial charge on any atom is -0.462 e. The van der Waals surface area contributed by atoms with Gasteiger partial charge < -0.3 is 20.1 Å². The Hall–Kier alpha value is -4.32. The van der Waals surface area contributed by atoms with E-state index < -0.39 is 47.4 Å². The molecule has 3 amide bonds. The highest BCUT2D eigenvalue weighted by atomic mass is 16.6. The number of esters is 2. The van der Waals surface area contributed by atoms with Gasteiger partial charge in [0, 0.05) is 18.4 Å². The fourth-order valence-corrected chi connectivity index (χ4v) is 6.52. The first-order valence-electron chi connectivity index (χ1n) is 17.1. The minimum absolute atomic E-state index is 0.252. The van der Waals surface area contributed by atoms with E-state index in [0.717, 1.165) is 16.5 Å². The monoisotopic (exact) mass is 661 g/mol. The average Bonchev–Trinajstić information content (AvgIpc) is 3.08. The molecule has 5 bridgehead atoms. The number of rotatable bonds is 3. The zero-order chi connectivity index (χ0) is 34.6. The van der Waals surface area contributed by atoms with E-state index in [1.54, 1.807) is 27.7 Å². The SMILES string of the molecule is CCC(=O)OC1CCC2(/C=C/c3ccc4ccc(nc4c3)[C@@H](C)NC(=O)C3CCCN(N3)C(=O)[C@H](C)NC(=O)[C@H](C(C)C)OC2=O)CC1. The third-order valence-corrected chi connectivity index (χ3v) is 9.55. The number of hydrogen-bond acceptors (Lipinski definition) is 9. The lowest BCUT2D eigenvalue weighted by Crippen LogP contribution is -2.61. The van der Waals surface area contributed by atoms with Crippen molar-refractivity contribution < 1.29 is 33.4 Å². The largest absolute Gasteiger partial charge is 0.462 e. The maximum absolute atomic E-state index is 14.1. The number of amides is 3. The molecule has 2 aliphatic heterocycles. The molecule has 3 heterocycles. The second-order valence-electron chi connectivity index (χ2n) is 13.6. The summed E-state index contributed by atoms with van der Waals surface area (Å²) in [4.78, 5) is 71.2. The number of carbonyl (C=O) groups excluding carboxylic acids is 5. The first-order valence-corrected chi connectivity index (χ1v) is 17.1. The quantitative estimate of drug-likeness (QED) is 0.416. The van der Waals surface area contributed by atoms with Crippen molar-refractivity contribution in [2.45, 2.75) is 110 Å². The van der Waals surface area contributed by atoms with Gasteiger partial charge in [0.1, 0.15) is 18.2 Å². The topological polar surface area (TPSA) is 156 Å². The summed E-state index contributed by atoms with van der Waals surface area (Å²) < 4.78 is 11.6. The van der Waals surface area contributed by atoms with Crippen molar-refractivity contribution in [2.24, 2.45) is 11.3 Å². The maximum atomic E-state index is 14.1. The van der Waals surface area contributed by atoms with Gasteiger partial charge in [0.2, 0.25) is 5.91 Å². The zero-order valence-electron chi connectivity index (χ0n) is 28.4. The highest BCUT2D eigenvalue weighted by Crippen LogP contribution is 2.41. The zero-order valence-corrected chi connectivity index (χ0v) is 28.4. The van der Waals surface area contributed by atoms with Crippen LogP contribution in [0.5, 0.6) is 0 Å². The summed E-state index contributed by atoms with van der Waals surface area (Å²) in [7, 11) is 0. The molecular formula is C36H47N5O7. The van der Waals surface area contributed by atoms with Crippen LogP contribution in [0, 0.1) is 11.3 Å². The van der Waals surface area contributed by atoms with Crippen LogP contribution in [-0.2, 0) is 33.4 Å². The molecule has 1 unspecified atom stereocenters. The van der Waals surface area contributed by atoms with Crippen LogP contribution < -0.4 is 16.1 Å². The van der Waals surface area contributed by atoms with E-state index in [0.29, 0.717) is 50.8 Å². The number of fused-ring (bicyclic) bond motifs is 4. The molecule has 5 rings (SSSR count). The Labute approximate surface area is 281 Å². The first kappa shape index (κ1) is 35.0. The molecule has 1 aliphatic carbocycles. The van der Waals surface area contributed by atoms with Gasteiger partial charge in [0.25, 0.3) is 11.8 Å². The molecule has 1 saturated carbocycles. The van der Waals surface area contributed by atoms with E-state index in [1.165, 1.54) is 5.01 Å². The number of carbonyl (C=O) groups is 5. The van der Waals surface area contributed by atoms with E-state index in [2.05, 4.69) is 16.1 Å². The fourth-order valence-electron chi connectivity index (χ4n) is 6.52. The standard InChI is InChI=1S/C36H47N5O7/c1-6-30(42)47-26-14-17-36(18-15-26)16-13-24-9-10-25-11-12-27(39-29(25)20-24)22(4)37-32(43)28-8-7-19-41(40-28)34(45)23(5)38-33(44)31(21(2)3)48-35(36)46/h9-13,16,20-23,26,28,31,40H,6-8,14-15,17-19H2,1-5H3,(H,37,43)(H,38,44)/b16-13+/t22-,23+,26?,28?,31+,36?/m1/s1. The van der Waals surface area contributed by atoms with E-state index >= 15 is 0 Å². The van der Waals surface area contributed by atoms with E-state index in [9.17, 15) is 24.0 Å². The molecule has 1 aromatic heterocycles. The molecule has 4 atom stereocenters. The molecule has 3 N–H and O–H groups in total. The Morgan fingerprint density at radius 3 is 2.44 bits per heavy atom. The number of nitrogens with zero attached hydrogens (tertiary/aromatic N) is 2. The molecule has 0 radical (unpaired) electrons. The number of aromatic nitrogens is 1. The lowest BCUT2D eigenvalue weighted by molar-refractivity contribution is -0.170. The Balaban J connectivity index is 1.51. The van der Waals surface area contributed by atoms with Gasteiger partial charge in [-0.1, -0.05) is 51.1 Å².